The molecule has 1 N–H and O–H groups in total. The highest BCUT2D eigenvalue weighted by Gasteiger charge is 2.38. The summed E-state index contributed by atoms with van der Waals surface area (Å²) in [5.74, 6) is -1.15. The van der Waals surface area contributed by atoms with Crippen molar-refractivity contribution in [3.63, 3.8) is 0 Å². The Labute approximate surface area is 241 Å². The predicted molar refractivity (Wildman–Crippen MR) is 160 cm³/mol. The van der Waals surface area contributed by atoms with E-state index in [9.17, 15) is 19.2 Å². The van der Waals surface area contributed by atoms with Crippen LogP contribution in [0.25, 0.3) is 10.8 Å². The lowest BCUT2D eigenvalue weighted by molar-refractivity contribution is -0.130. The second-order valence-electron chi connectivity index (χ2n) is 11.5. The molecular formula is C32H38N4O5. The molecular weight excluding hydrogens is 520 g/mol. The summed E-state index contributed by atoms with van der Waals surface area (Å²) in [5, 5.41) is 4.90. The standard InChI is InChI=1S/C32H38N4O5/c1-20-16-17-23-12-8-9-13-24(23)25(20)18-36-28-15-11-10-14-27(28)35(22(3)37)19-26(30(36)39)33-29(38)21(2)34(7)31(40)41-32(4,5)6/h8-17,21,26H,18-19H2,1-7H3,(H,33,38)/t21?,26-/m0/s1. The number of likely N-dealkylation sites (N-methyl/N-ethyl adjacent to an activating group) is 1. The van der Waals surface area contributed by atoms with Crippen LogP contribution >= 0.6 is 0 Å². The normalized spacial score (nSPS) is 16.1. The van der Waals surface area contributed by atoms with Crippen LogP contribution in [0.15, 0.2) is 60.7 Å². The Morgan fingerprint density at radius 1 is 1.02 bits per heavy atom. The van der Waals surface area contributed by atoms with Gasteiger partial charge in [0.05, 0.1) is 24.5 Å². The molecule has 1 heterocycles. The summed E-state index contributed by atoms with van der Waals surface area (Å²) in [5.41, 5.74) is 2.44. The Balaban J connectivity index is 1.71. The first-order chi connectivity index (χ1) is 19.3. The van der Waals surface area contributed by atoms with Crippen LogP contribution in [-0.2, 0) is 25.7 Å². The quantitative estimate of drug-likeness (QED) is 0.486. The number of nitrogens with one attached hydrogen (secondary N) is 1. The fourth-order valence-electron chi connectivity index (χ4n) is 4.93. The summed E-state index contributed by atoms with van der Waals surface area (Å²) in [7, 11) is 1.47. The highest BCUT2D eigenvalue weighted by atomic mass is 16.6. The minimum absolute atomic E-state index is 0.0508. The Morgan fingerprint density at radius 3 is 2.32 bits per heavy atom. The van der Waals surface area contributed by atoms with Crippen molar-refractivity contribution in [1.29, 1.82) is 0 Å². The lowest BCUT2D eigenvalue weighted by Gasteiger charge is -2.30. The molecule has 0 saturated heterocycles. The minimum atomic E-state index is -1.05. The molecule has 0 aliphatic carbocycles. The molecule has 0 radical (unpaired) electrons. The third kappa shape index (κ3) is 6.34. The van der Waals surface area contributed by atoms with Gasteiger partial charge >= 0.3 is 6.09 Å². The second kappa shape index (κ2) is 11.6. The van der Waals surface area contributed by atoms with Crippen LogP contribution in [0.3, 0.4) is 0 Å². The van der Waals surface area contributed by atoms with Crippen molar-refractivity contribution in [3.8, 4) is 0 Å². The van der Waals surface area contributed by atoms with Gasteiger partial charge < -0.3 is 19.9 Å². The lowest BCUT2D eigenvalue weighted by Crippen LogP contribution is -2.56. The fraction of sp³-hybridized carbons (Fsp3) is 0.375. The van der Waals surface area contributed by atoms with Crippen LogP contribution < -0.4 is 15.1 Å². The van der Waals surface area contributed by atoms with Crippen LogP contribution in [0.5, 0.6) is 0 Å². The summed E-state index contributed by atoms with van der Waals surface area (Å²) < 4.78 is 5.40. The topological polar surface area (TPSA) is 99.3 Å². The number of carbonyl (C=O) groups excluding carboxylic acids is 4. The van der Waals surface area contributed by atoms with Crippen molar-refractivity contribution in [1.82, 2.24) is 10.2 Å². The molecule has 0 bridgehead atoms. The van der Waals surface area contributed by atoms with E-state index in [1.807, 2.05) is 55.5 Å². The van der Waals surface area contributed by atoms with Gasteiger partial charge in [-0.2, -0.15) is 0 Å². The van der Waals surface area contributed by atoms with Crippen molar-refractivity contribution >= 4 is 46.0 Å². The third-order valence-electron chi connectivity index (χ3n) is 7.32. The number of amides is 4. The number of hydrogen-bond acceptors (Lipinski definition) is 5. The van der Waals surface area contributed by atoms with Gasteiger partial charge in [0, 0.05) is 14.0 Å². The molecule has 216 valence electrons. The number of ether oxygens (including phenoxy) is 1. The molecule has 0 aromatic heterocycles. The minimum Gasteiger partial charge on any atom is -0.444 e. The van der Waals surface area contributed by atoms with Crippen LogP contribution in [0, 0.1) is 6.92 Å². The maximum absolute atomic E-state index is 14.2. The van der Waals surface area contributed by atoms with Gasteiger partial charge in [0.1, 0.15) is 17.7 Å². The monoisotopic (exact) mass is 558 g/mol. The Morgan fingerprint density at radius 2 is 1.66 bits per heavy atom. The first kappa shape index (κ1) is 29.6. The molecule has 0 spiro atoms. The Hall–Kier alpha value is -4.40. The Kier molecular flexibility index (Phi) is 8.37. The highest BCUT2D eigenvalue weighted by Crippen LogP contribution is 2.35. The van der Waals surface area contributed by atoms with Crippen molar-refractivity contribution in [2.45, 2.75) is 65.8 Å². The number of rotatable bonds is 5. The number of anilines is 2. The van der Waals surface area contributed by atoms with Crippen LogP contribution in [0.4, 0.5) is 16.2 Å². The van der Waals surface area contributed by atoms with Crippen molar-refractivity contribution in [3.05, 3.63) is 71.8 Å². The van der Waals surface area contributed by atoms with Gasteiger partial charge in [-0.3, -0.25) is 19.3 Å². The second-order valence-corrected chi connectivity index (χ2v) is 11.5. The molecule has 3 aromatic rings. The predicted octanol–water partition coefficient (Wildman–Crippen LogP) is 4.79. The molecule has 0 fully saturated rings. The summed E-state index contributed by atoms with van der Waals surface area (Å²) in [6.07, 6.45) is -0.654. The number of nitrogens with zero attached hydrogens (tertiary/aromatic N) is 3. The average molecular weight is 559 g/mol. The molecule has 41 heavy (non-hydrogen) atoms. The summed E-state index contributed by atoms with van der Waals surface area (Å²) >= 11 is 0. The molecule has 1 unspecified atom stereocenters. The van der Waals surface area contributed by atoms with Crippen molar-refractivity contribution < 1.29 is 23.9 Å². The maximum Gasteiger partial charge on any atom is 0.410 e. The zero-order chi connectivity index (χ0) is 30.1. The average Bonchev–Trinajstić information content (AvgIpc) is 3.03. The number of para-hydroxylation sites is 2. The molecule has 9 nitrogen and oxygen atoms in total. The van der Waals surface area contributed by atoms with Crippen LogP contribution in [0.2, 0.25) is 0 Å². The van der Waals surface area contributed by atoms with Gasteiger partial charge in [-0.05, 0) is 68.7 Å². The zero-order valence-electron chi connectivity index (χ0n) is 24.7. The molecule has 1 aliphatic rings. The van der Waals surface area contributed by atoms with Gasteiger partial charge in [0.2, 0.25) is 11.8 Å². The highest BCUT2D eigenvalue weighted by molar-refractivity contribution is 6.08. The zero-order valence-corrected chi connectivity index (χ0v) is 24.7. The maximum atomic E-state index is 14.2. The first-order valence-electron chi connectivity index (χ1n) is 13.7. The van der Waals surface area contributed by atoms with Crippen LogP contribution in [-0.4, -0.2) is 60.0 Å². The van der Waals surface area contributed by atoms with Crippen LogP contribution in [0.1, 0.15) is 45.7 Å². The molecule has 9 heteroatoms. The molecule has 4 amide bonds. The molecule has 4 rings (SSSR count). The van der Waals surface area contributed by atoms with E-state index in [-0.39, 0.29) is 24.9 Å². The lowest BCUT2D eigenvalue weighted by atomic mass is 9.99. The van der Waals surface area contributed by atoms with Gasteiger partial charge in [0.25, 0.3) is 5.91 Å². The van der Waals surface area contributed by atoms with E-state index >= 15 is 0 Å². The van der Waals surface area contributed by atoms with Gasteiger partial charge in [-0.25, -0.2) is 4.79 Å². The largest absolute Gasteiger partial charge is 0.444 e. The van der Waals surface area contributed by atoms with Crippen molar-refractivity contribution in [2.75, 3.05) is 23.4 Å². The number of aryl methyl sites for hydroxylation is 1. The molecule has 2 atom stereocenters. The number of fused-ring (bicyclic) bond motifs is 2. The summed E-state index contributed by atoms with van der Waals surface area (Å²) in [6.45, 7) is 10.4. The van der Waals surface area contributed by atoms with Gasteiger partial charge in [-0.1, -0.05) is 48.5 Å². The first-order valence-corrected chi connectivity index (χ1v) is 13.7. The van der Waals surface area contributed by atoms with E-state index in [1.165, 1.54) is 23.8 Å². The van der Waals surface area contributed by atoms with E-state index in [1.54, 1.807) is 38.7 Å². The van der Waals surface area contributed by atoms with Gasteiger partial charge in [0.15, 0.2) is 0 Å². The number of hydrogen-bond donors (Lipinski definition) is 1. The van der Waals surface area contributed by atoms with E-state index in [0.717, 1.165) is 21.9 Å². The molecule has 0 saturated carbocycles. The van der Waals surface area contributed by atoms with E-state index in [0.29, 0.717) is 11.4 Å². The van der Waals surface area contributed by atoms with Crippen molar-refractivity contribution in [2.24, 2.45) is 0 Å². The number of benzene rings is 3. The SMILES string of the molecule is CC(=O)N1C[C@H](NC(=O)C(C)N(C)C(=O)OC(C)(C)C)C(=O)N(Cc2c(C)ccc3ccccc23)c2ccccc21. The molecule has 1 aliphatic heterocycles. The fourth-order valence-corrected chi connectivity index (χ4v) is 4.93. The summed E-state index contributed by atoms with van der Waals surface area (Å²) in [6, 6.07) is 17.3. The van der Waals surface area contributed by atoms with E-state index in [4.69, 9.17) is 4.74 Å². The van der Waals surface area contributed by atoms with E-state index < -0.39 is 29.7 Å². The Bertz CT molecular complexity index is 1490. The smallest absolute Gasteiger partial charge is 0.410 e. The summed E-state index contributed by atoms with van der Waals surface area (Å²) in [4.78, 5) is 57.4. The van der Waals surface area contributed by atoms with E-state index in [2.05, 4.69) is 11.4 Å². The van der Waals surface area contributed by atoms with Gasteiger partial charge in [-0.15, -0.1) is 0 Å². The third-order valence-corrected chi connectivity index (χ3v) is 7.32. The molecule has 3 aromatic carbocycles. The number of carbonyl (C=O) groups is 4.